The first-order valence-electron chi connectivity index (χ1n) is 3.63. The van der Waals surface area contributed by atoms with E-state index >= 15 is 0 Å². The van der Waals surface area contributed by atoms with Crippen LogP contribution in [-0.2, 0) is 4.74 Å². The highest BCUT2D eigenvalue weighted by atomic mass is 16.5. The Kier molecular flexibility index (Phi) is 1.39. The predicted molar refractivity (Wildman–Crippen MR) is 44.3 cm³/mol. The molecular weight excluding hydrogens is 138 g/mol. The molecule has 2 heteroatoms. The van der Waals surface area contributed by atoms with Gasteiger partial charge in [0.2, 0.25) is 0 Å². The highest BCUT2D eigenvalue weighted by molar-refractivity contribution is 5.63. The molecule has 2 nitrogen and oxygen atoms in total. The maximum absolute atomic E-state index is 5.46. The summed E-state index contributed by atoms with van der Waals surface area (Å²) in [6.07, 6.45) is 14.0. The van der Waals surface area contributed by atoms with Gasteiger partial charge < -0.3 is 4.74 Å². The minimum Gasteiger partial charge on any atom is -0.486 e. The Morgan fingerprint density at radius 3 is 2.91 bits per heavy atom. The van der Waals surface area contributed by atoms with E-state index in [1.807, 2.05) is 30.5 Å². The van der Waals surface area contributed by atoms with Crippen LogP contribution in [0.2, 0.25) is 0 Å². The Morgan fingerprint density at radius 1 is 1.27 bits per heavy atom. The highest BCUT2D eigenvalue weighted by Crippen LogP contribution is 2.24. The molecule has 0 aromatic rings. The monoisotopic (exact) mass is 147 g/mol. The van der Waals surface area contributed by atoms with Gasteiger partial charge in [-0.25, -0.2) is 0 Å². The third-order valence-corrected chi connectivity index (χ3v) is 1.81. The first-order chi connectivity index (χ1) is 5.41. The van der Waals surface area contributed by atoms with Crippen LogP contribution >= 0.6 is 0 Å². The number of ether oxygens (including phenoxy) is 1. The van der Waals surface area contributed by atoms with E-state index in [0.29, 0.717) is 0 Å². The molecule has 1 unspecified atom stereocenters. The van der Waals surface area contributed by atoms with Crippen molar-refractivity contribution in [2.24, 2.45) is 4.99 Å². The molecule has 0 fully saturated rings. The van der Waals surface area contributed by atoms with Crippen LogP contribution in [0.3, 0.4) is 0 Å². The average Bonchev–Trinajstić information content (AvgIpc) is 2.07. The summed E-state index contributed by atoms with van der Waals surface area (Å²) >= 11 is 0. The third-order valence-electron chi connectivity index (χ3n) is 1.81. The summed E-state index contributed by atoms with van der Waals surface area (Å²) in [5, 5.41) is 0. The van der Waals surface area contributed by atoms with Gasteiger partial charge in [-0.1, -0.05) is 6.08 Å². The van der Waals surface area contributed by atoms with Crippen LogP contribution in [0, 0.1) is 0 Å². The summed E-state index contributed by atoms with van der Waals surface area (Å²) in [6, 6.07) is 0. The number of aliphatic imine (C=N–C) groups is 1. The fourth-order valence-electron chi connectivity index (χ4n) is 1.17. The quantitative estimate of drug-likeness (QED) is 0.512. The van der Waals surface area contributed by atoms with Crippen molar-refractivity contribution >= 4 is 6.21 Å². The van der Waals surface area contributed by atoms with Crippen molar-refractivity contribution in [3.05, 3.63) is 36.8 Å². The van der Waals surface area contributed by atoms with Crippen molar-refractivity contribution < 1.29 is 4.74 Å². The zero-order chi connectivity index (χ0) is 7.57. The third kappa shape index (κ3) is 1.11. The summed E-state index contributed by atoms with van der Waals surface area (Å²) in [7, 11) is 0. The van der Waals surface area contributed by atoms with Crippen molar-refractivity contribution in [1.82, 2.24) is 0 Å². The second-order valence-corrected chi connectivity index (χ2v) is 2.61. The Morgan fingerprint density at radius 2 is 2.27 bits per heavy atom. The van der Waals surface area contributed by atoms with Crippen molar-refractivity contribution in [2.75, 3.05) is 0 Å². The van der Waals surface area contributed by atoms with Gasteiger partial charge in [0, 0.05) is 18.8 Å². The molecule has 0 bridgehead atoms. The van der Waals surface area contributed by atoms with Gasteiger partial charge in [0.15, 0.2) is 5.60 Å². The molecule has 1 atom stereocenters. The molecule has 2 heterocycles. The molecule has 2 aliphatic heterocycles. The van der Waals surface area contributed by atoms with Gasteiger partial charge in [-0.15, -0.1) is 0 Å². The Labute approximate surface area is 65.6 Å². The van der Waals surface area contributed by atoms with Crippen LogP contribution in [0.1, 0.15) is 6.42 Å². The van der Waals surface area contributed by atoms with Crippen molar-refractivity contribution in [2.45, 2.75) is 12.0 Å². The van der Waals surface area contributed by atoms with Crippen LogP contribution in [-0.4, -0.2) is 11.8 Å². The number of allylic oxidation sites excluding steroid dienone is 2. The number of rotatable bonds is 0. The van der Waals surface area contributed by atoms with Crippen molar-refractivity contribution in [3.63, 3.8) is 0 Å². The molecule has 0 saturated carbocycles. The van der Waals surface area contributed by atoms with Crippen molar-refractivity contribution in [1.29, 1.82) is 0 Å². The zero-order valence-corrected chi connectivity index (χ0v) is 6.10. The average molecular weight is 147 g/mol. The Bertz CT molecular complexity index is 233. The summed E-state index contributed by atoms with van der Waals surface area (Å²) in [6.45, 7) is 0. The summed E-state index contributed by atoms with van der Waals surface area (Å²) in [4.78, 5) is 3.98. The van der Waals surface area contributed by atoms with Gasteiger partial charge in [0.1, 0.15) is 0 Å². The van der Waals surface area contributed by atoms with Gasteiger partial charge >= 0.3 is 0 Å². The largest absolute Gasteiger partial charge is 0.486 e. The lowest BCUT2D eigenvalue weighted by molar-refractivity contribution is 0.118. The topological polar surface area (TPSA) is 21.6 Å². The molecule has 0 radical (unpaired) electrons. The lowest BCUT2D eigenvalue weighted by Gasteiger charge is -2.28. The first-order valence-corrected chi connectivity index (χ1v) is 3.63. The molecular formula is C9H9NO. The molecule has 0 aromatic heterocycles. The number of hydrogen-bond donors (Lipinski definition) is 0. The van der Waals surface area contributed by atoms with E-state index in [0.717, 1.165) is 6.42 Å². The van der Waals surface area contributed by atoms with Crippen molar-refractivity contribution in [3.8, 4) is 0 Å². The molecule has 0 aliphatic carbocycles. The standard InChI is InChI=1S/C9H9NO/c1-2-8-11-9(3-1)4-6-10-7-5-9/h1-4,6-8H,5H2. The van der Waals surface area contributed by atoms with Gasteiger partial charge in [-0.3, -0.25) is 4.99 Å². The molecule has 1 spiro atoms. The van der Waals surface area contributed by atoms with Crippen LogP contribution in [0.15, 0.2) is 41.8 Å². The van der Waals surface area contributed by atoms with E-state index in [4.69, 9.17) is 4.74 Å². The molecule has 0 aromatic carbocycles. The van der Waals surface area contributed by atoms with Crippen LogP contribution in [0.25, 0.3) is 0 Å². The zero-order valence-electron chi connectivity index (χ0n) is 6.10. The summed E-state index contributed by atoms with van der Waals surface area (Å²) < 4.78 is 5.46. The van der Waals surface area contributed by atoms with E-state index in [9.17, 15) is 0 Å². The molecule has 56 valence electrons. The first kappa shape index (κ1) is 6.40. The molecule has 2 aliphatic rings. The lowest BCUT2D eigenvalue weighted by Crippen LogP contribution is -2.28. The van der Waals surface area contributed by atoms with Gasteiger partial charge in [-0.05, 0) is 18.2 Å². The molecule has 0 saturated heterocycles. The Balaban J connectivity index is 2.24. The fraction of sp³-hybridized carbons (Fsp3) is 0.222. The minimum absolute atomic E-state index is 0.240. The van der Waals surface area contributed by atoms with Gasteiger partial charge in [-0.2, -0.15) is 0 Å². The van der Waals surface area contributed by atoms with Gasteiger partial charge in [0.05, 0.1) is 6.26 Å². The summed E-state index contributed by atoms with van der Waals surface area (Å²) in [5.41, 5.74) is -0.240. The fourth-order valence-corrected chi connectivity index (χ4v) is 1.17. The highest BCUT2D eigenvalue weighted by Gasteiger charge is 2.25. The molecule has 0 amide bonds. The molecule has 0 N–H and O–H groups in total. The Hall–Kier alpha value is -1.31. The van der Waals surface area contributed by atoms with Crippen LogP contribution in [0.5, 0.6) is 0 Å². The van der Waals surface area contributed by atoms with E-state index < -0.39 is 0 Å². The second-order valence-electron chi connectivity index (χ2n) is 2.61. The maximum atomic E-state index is 5.46. The van der Waals surface area contributed by atoms with Crippen LogP contribution < -0.4 is 0 Å². The van der Waals surface area contributed by atoms with Crippen LogP contribution in [0.4, 0.5) is 0 Å². The van der Waals surface area contributed by atoms with Gasteiger partial charge in [0.25, 0.3) is 0 Å². The van der Waals surface area contributed by atoms with E-state index in [1.165, 1.54) is 0 Å². The molecule has 11 heavy (non-hydrogen) atoms. The second kappa shape index (κ2) is 2.38. The van der Waals surface area contributed by atoms with E-state index in [1.54, 1.807) is 12.5 Å². The van der Waals surface area contributed by atoms with E-state index in [2.05, 4.69) is 4.99 Å². The SMILES string of the molecule is C1=COC2(C=C1)C=CN=CC2. The predicted octanol–water partition coefficient (Wildman–Crippen LogP) is 1.81. The lowest BCUT2D eigenvalue weighted by atomic mass is 9.97. The normalized spacial score (nSPS) is 32.7. The smallest absolute Gasteiger partial charge is 0.151 e. The minimum atomic E-state index is -0.240. The number of nitrogens with zero attached hydrogens (tertiary/aromatic N) is 1. The summed E-state index contributed by atoms with van der Waals surface area (Å²) in [5.74, 6) is 0. The van der Waals surface area contributed by atoms with E-state index in [-0.39, 0.29) is 5.60 Å². The molecule has 2 rings (SSSR count). The maximum Gasteiger partial charge on any atom is 0.151 e. The number of hydrogen-bond acceptors (Lipinski definition) is 2.